The van der Waals surface area contributed by atoms with Gasteiger partial charge in [0.15, 0.2) is 0 Å². The van der Waals surface area contributed by atoms with Crippen molar-refractivity contribution >= 4 is 11.8 Å². The summed E-state index contributed by atoms with van der Waals surface area (Å²) in [5.74, 6) is 0. The Balaban J connectivity index is 2.28. The largest absolute Gasteiger partial charge is 0.381 e. The van der Waals surface area contributed by atoms with Gasteiger partial charge in [0.05, 0.1) is 0 Å². The molecule has 0 aromatic rings. The van der Waals surface area contributed by atoms with Crippen molar-refractivity contribution in [1.29, 1.82) is 0 Å². The van der Waals surface area contributed by atoms with E-state index in [0.717, 1.165) is 25.0 Å². The minimum atomic E-state index is 0.238. The van der Waals surface area contributed by atoms with Crippen LogP contribution in [0, 0.1) is 0 Å². The van der Waals surface area contributed by atoms with Crippen LogP contribution < -0.4 is 5.73 Å². The summed E-state index contributed by atoms with van der Waals surface area (Å²) in [6.45, 7) is 7.05. The van der Waals surface area contributed by atoms with Crippen molar-refractivity contribution in [3.63, 3.8) is 0 Å². The normalized spacial score (nSPS) is 21.2. The standard InChI is InChI=1S/C9H19NOS/c1-9(2,7-10)12-8-3-5-11-6-4-8/h8H,3-7,10H2,1-2H3. The van der Waals surface area contributed by atoms with Crippen molar-refractivity contribution in [2.45, 2.75) is 36.7 Å². The van der Waals surface area contributed by atoms with Crippen LogP contribution in [0.3, 0.4) is 0 Å². The molecule has 1 fully saturated rings. The maximum absolute atomic E-state index is 5.67. The molecule has 1 heterocycles. The second-order valence-corrected chi connectivity index (χ2v) is 5.90. The molecular weight excluding hydrogens is 170 g/mol. The Kier molecular flexibility index (Phi) is 3.87. The van der Waals surface area contributed by atoms with E-state index in [9.17, 15) is 0 Å². The van der Waals surface area contributed by atoms with Crippen LogP contribution in [-0.2, 0) is 4.74 Å². The Bertz CT molecular complexity index is 132. The predicted molar refractivity (Wildman–Crippen MR) is 54.6 cm³/mol. The fraction of sp³-hybridized carbons (Fsp3) is 1.00. The Hall–Kier alpha value is 0.270. The molecule has 2 N–H and O–H groups in total. The van der Waals surface area contributed by atoms with Crippen LogP contribution in [0.1, 0.15) is 26.7 Å². The van der Waals surface area contributed by atoms with Crippen molar-refractivity contribution in [1.82, 2.24) is 0 Å². The van der Waals surface area contributed by atoms with Crippen LogP contribution >= 0.6 is 11.8 Å². The maximum atomic E-state index is 5.67. The smallest absolute Gasteiger partial charge is 0.0476 e. The van der Waals surface area contributed by atoms with Gasteiger partial charge in [-0.05, 0) is 26.7 Å². The number of hydrogen-bond donors (Lipinski definition) is 1. The molecule has 1 saturated heterocycles. The van der Waals surface area contributed by atoms with Gasteiger partial charge in [-0.1, -0.05) is 0 Å². The van der Waals surface area contributed by atoms with E-state index in [1.807, 2.05) is 11.8 Å². The van der Waals surface area contributed by atoms with Gasteiger partial charge in [-0.25, -0.2) is 0 Å². The van der Waals surface area contributed by atoms with Gasteiger partial charge in [0.25, 0.3) is 0 Å². The molecule has 0 bridgehead atoms. The first kappa shape index (κ1) is 10.4. The molecule has 3 heteroatoms. The van der Waals surface area contributed by atoms with Crippen LogP contribution in [0.25, 0.3) is 0 Å². The van der Waals surface area contributed by atoms with Crippen LogP contribution in [0.15, 0.2) is 0 Å². The molecule has 0 radical (unpaired) electrons. The van der Waals surface area contributed by atoms with E-state index in [1.54, 1.807) is 0 Å². The first-order valence-corrected chi connectivity index (χ1v) is 5.48. The third-order valence-corrected chi connectivity index (χ3v) is 3.76. The molecule has 12 heavy (non-hydrogen) atoms. The van der Waals surface area contributed by atoms with Gasteiger partial charge in [-0.2, -0.15) is 11.8 Å². The quantitative estimate of drug-likeness (QED) is 0.733. The van der Waals surface area contributed by atoms with Crippen LogP contribution in [0.4, 0.5) is 0 Å². The molecule has 1 aliphatic heterocycles. The first-order chi connectivity index (χ1) is 5.64. The van der Waals surface area contributed by atoms with Crippen molar-refractivity contribution < 1.29 is 4.74 Å². The van der Waals surface area contributed by atoms with Gasteiger partial charge in [0.1, 0.15) is 0 Å². The van der Waals surface area contributed by atoms with E-state index in [1.165, 1.54) is 12.8 Å². The summed E-state index contributed by atoms with van der Waals surface area (Å²) < 4.78 is 5.54. The van der Waals surface area contributed by atoms with Crippen molar-refractivity contribution in [2.75, 3.05) is 19.8 Å². The SMILES string of the molecule is CC(C)(CN)SC1CCOCC1. The van der Waals surface area contributed by atoms with Gasteiger partial charge in [-0.15, -0.1) is 0 Å². The Morgan fingerprint density at radius 1 is 1.42 bits per heavy atom. The molecule has 0 amide bonds. The monoisotopic (exact) mass is 189 g/mol. The third kappa shape index (κ3) is 3.33. The van der Waals surface area contributed by atoms with Crippen molar-refractivity contribution in [3.8, 4) is 0 Å². The van der Waals surface area contributed by atoms with Crippen LogP contribution in [0.2, 0.25) is 0 Å². The van der Waals surface area contributed by atoms with Crippen molar-refractivity contribution in [2.24, 2.45) is 5.73 Å². The lowest BCUT2D eigenvalue weighted by molar-refractivity contribution is 0.0998. The highest BCUT2D eigenvalue weighted by Gasteiger charge is 2.23. The van der Waals surface area contributed by atoms with E-state index in [-0.39, 0.29) is 4.75 Å². The highest BCUT2D eigenvalue weighted by Crippen LogP contribution is 2.32. The average Bonchev–Trinajstić information content (AvgIpc) is 2.06. The highest BCUT2D eigenvalue weighted by molar-refractivity contribution is 8.01. The third-order valence-electron chi connectivity index (χ3n) is 2.15. The summed E-state index contributed by atoms with van der Waals surface area (Å²) in [5.41, 5.74) is 5.67. The topological polar surface area (TPSA) is 35.2 Å². The molecule has 0 unspecified atom stereocenters. The summed E-state index contributed by atoms with van der Waals surface area (Å²) in [6, 6.07) is 0. The molecule has 0 aromatic heterocycles. The Morgan fingerprint density at radius 2 is 2.00 bits per heavy atom. The molecule has 2 nitrogen and oxygen atoms in total. The maximum Gasteiger partial charge on any atom is 0.0476 e. The number of hydrogen-bond acceptors (Lipinski definition) is 3. The summed E-state index contributed by atoms with van der Waals surface area (Å²) in [7, 11) is 0. The Labute approximate surface area is 79.2 Å². The van der Waals surface area contributed by atoms with Gasteiger partial charge in [-0.3, -0.25) is 0 Å². The fourth-order valence-electron chi connectivity index (χ4n) is 1.29. The number of nitrogens with two attached hydrogens (primary N) is 1. The lowest BCUT2D eigenvalue weighted by Gasteiger charge is -2.30. The Morgan fingerprint density at radius 3 is 2.50 bits per heavy atom. The molecule has 0 atom stereocenters. The molecule has 0 saturated carbocycles. The average molecular weight is 189 g/mol. The van der Waals surface area contributed by atoms with Gasteiger partial charge < -0.3 is 10.5 Å². The molecule has 0 aliphatic carbocycles. The molecule has 0 aromatic carbocycles. The van der Waals surface area contributed by atoms with Crippen molar-refractivity contribution in [3.05, 3.63) is 0 Å². The zero-order valence-corrected chi connectivity index (χ0v) is 8.82. The summed E-state index contributed by atoms with van der Waals surface area (Å²) >= 11 is 2.02. The van der Waals surface area contributed by atoms with Crippen LogP contribution in [0.5, 0.6) is 0 Å². The molecule has 72 valence electrons. The summed E-state index contributed by atoms with van der Waals surface area (Å²) in [6.07, 6.45) is 2.38. The molecule has 1 rings (SSSR count). The van der Waals surface area contributed by atoms with E-state index in [4.69, 9.17) is 10.5 Å². The van der Waals surface area contributed by atoms with E-state index in [0.29, 0.717) is 0 Å². The lowest BCUT2D eigenvalue weighted by atomic mass is 10.2. The predicted octanol–water partition coefficient (Wildman–Crippen LogP) is 1.64. The summed E-state index contributed by atoms with van der Waals surface area (Å²) in [5, 5.41) is 0.761. The molecule has 1 aliphatic rings. The van der Waals surface area contributed by atoms with Crippen LogP contribution in [-0.4, -0.2) is 29.8 Å². The zero-order valence-electron chi connectivity index (χ0n) is 8.01. The number of rotatable bonds is 3. The van der Waals surface area contributed by atoms with E-state index in [2.05, 4.69) is 13.8 Å². The van der Waals surface area contributed by atoms with E-state index < -0.39 is 0 Å². The zero-order chi connectivity index (χ0) is 9.03. The number of thioether (sulfide) groups is 1. The summed E-state index contributed by atoms with van der Waals surface area (Å²) in [4.78, 5) is 0. The van der Waals surface area contributed by atoms with Gasteiger partial charge in [0.2, 0.25) is 0 Å². The number of ether oxygens (including phenoxy) is 1. The fourth-order valence-corrected chi connectivity index (χ4v) is 2.72. The van der Waals surface area contributed by atoms with Gasteiger partial charge >= 0.3 is 0 Å². The van der Waals surface area contributed by atoms with E-state index >= 15 is 0 Å². The second kappa shape index (κ2) is 4.49. The second-order valence-electron chi connectivity index (χ2n) is 3.89. The molecular formula is C9H19NOS. The lowest BCUT2D eigenvalue weighted by Crippen LogP contribution is -2.31. The first-order valence-electron chi connectivity index (χ1n) is 4.60. The molecule has 0 spiro atoms. The highest BCUT2D eigenvalue weighted by atomic mass is 32.2. The minimum Gasteiger partial charge on any atom is -0.381 e. The van der Waals surface area contributed by atoms with Gasteiger partial charge in [0, 0.05) is 29.8 Å². The minimum absolute atomic E-state index is 0.238.